The number of nitrogens with one attached hydrogen (secondary N) is 2. The number of hydrogen-bond acceptors (Lipinski definition) is 15. The van der Waals surface area contributed by atoms with Gasteiger partial charge in [-0.05, 0) is 66.5 Å². The molecule has 2 atom stereocenters. The molecule has 0 aliphatic heterocycles. The third-order valence-electron chi connectivity index (χ3n) is 9.38. The lowest BCUT2D eigenvalue weighted by molar-refractivity contribution is -0.684. The summed E-state index contributed by atoms with van der Waals surface area (Å²) in [6.07, 6.45) is 16.0. The molecule has 2 unspecified atom stereocenters. The maximum absolute atomic E-state index is 13.1. The van der Waals surface area contributed by atoms with Crippen molar-refractivity contribution in [2.75, 3.05) is 93.7 Å². The summed E-state index contributed by atoms with van der Waals surface area (Å²) in [6, 6.07) is 17.2. The Labute approximate surface area is 395 Å². The number of esters is 2. The monoisotopic (exact) mass is 947 g/mol. The Hall–Kier alpha value is -5.76. The van der Waals surface area contributed by atoms with E-state index in [1.807, 2.05) is 94.8 Å². The number of pyridine rings is 1. The summed E-state index contributed by atoms with van der Waals surface area (Å²) < 4.78 is 12.1. The fraction of sp³-hybridized carbons (Fsp3) is 0.375. The Morgan fingerprint density at radius 3 is 1.56 bits per heavy atom. The Morgan fingerprint density at radius 2 is 1.12 bits per heavy atom. The van der Waals surface area contributed by atoms with Gasteiger partial charge in [0.2, 0.25) is 12.5 Å². The zero-order valence-corrected chi connectivity index (χ0v) is 39.2. The molecule has 3 aromatic rings. The van der Waals surface area contributed by atoms with E-state index in [-0.39, 0.29) is 64.2 Å². The highest BCUT2D eigenvalue weighted by molar-refractivity contribution is 8.76. The third-order valence-corrected chi connectivity index (χ3v) is 11.8. The van der Waals surface area contributed by atoms with Crippen molar-refractivity contribution < 1.29 is 53.6 Å². The second kappa shape index (κ2) is 32.0. The molecule has 0 aliphatic carbocycles. The molecule has 0 aliphatic rings. The molecule has 0 bridgehead atoms. The summed E-state index contributed by atoms with van der Waals surface area (Å²) in [6.45, 7) is 8.73. The van der Waals surface area contributed by atoms with E-state index in [1.165, 1.54) is 27.8 Å². The molecular weight excluding hydrogens is 885 g/mol. The van der Waals surface area contributed by atoms with Gasteiger partial charge in [-0.1, -0.05) is 82.8 Å². The lowest BCUT2D eigenvalue weighted by Gasteiger charge is -2.22. The van der Waals surface area contributed by atoms with E-state index in [1.54, 1.807) is 43.0 Å². The van der Waals surface area contributed by atoms with Crippen LogP contribution < -0.4 is 25.0 Å². The maximum atomic E-state index is 13.1. The smallest absolute Gasteiger partial charge is 0.329 e. The summed E-state index contributed by atoms with van der Waals surface area (Å²) in [5.74, 6) is -1.87. The van der Waals surface area contributed by atoms with Crippen LogP contribution in [0.4, 0.5) is 11.4 Å². The minimum atomic E-state index is -0.991. The summed E-state index contributed by atoms with van der Waals surface area (Å²) in [5, 5.41) is 42.6. The number of hydrogen-bond donors (Lipinski definition) is 6. The number of aliphatic hydroxyl groups excluding tert-OH is 4. The van der Waals surface area contributed by atoms with Crippen LogP contribution in [-0.4, -0.2) is 146 Å². The number of ether oxygens (including phenoxy) is 2. The van der Waals surface area contributed by atoms with Gasteiger partial charge in [-0.25, -0.2) is 9.59 Å². The molecule has 0 saturated heterocycles. The molecule has 0 saturated carbocycles. The molecule has 66 heavy (non-hydrogen) atoms. The standard InChI is InChI=1S/C48H62N6O10S2/c1-4-37(7-8-38-11-15-41(16-12-38)53(25-29-55)26-30-56)19-22-49-33-45(59)50-43(47(61)63-5-2)35-65-66-36-44(48(62)64-6-3)51-46(60)34-52-23-20-40(21-24-52)10-9-39-13-17-42(18-14-39)54(27-31-57)28-32-58/h4,7-24,43-44,55-58H,1,5-6,25-36H2,2-3H3,(H-,50,51,59,60)/p+1/b8-7+,37-19+,49-22+. The van der Waals surface area contributed by atoms with Crippen LogP contribution in [-0.2, 0) is 35.2 Å². The van der Waals surface area contributed by atoms with Gasteiger partial charge in [-0.3, -0.25) is 14.6 Å². The highest BCUT2D eigenvalue weighted by atomic mass is 33.1. The Bertz CT molecular complexity index is 2050. The van der Waals surface area contributed by atoms with Crippen molar-refractivity contribution >= 4 is 81.2 Å². The van der Waals surface area contributed by atoms with E-state index < -0.39 is 35.8 Å². The number of carbonyl (C=O) groups is 4. The molecule has 6 N–H and O–H groups in total. The number of anilines is 2. The molecule has 2 aromatic carbocycles. The van der Waals surface area contributed by atoms with E-state index in [9.17, 15) is 39.6 Å². The molecule has 16 nitrogen and oxygen atoms in total. The second-order valence-electron chi connectivity index (χ2n) is 14.2. The first kappa shape index (κ1) is 54.6. The molecule has 1 heterocycles. The lowest BCUT2D eigenvalue weighted by atomic mass is 10.1. The number of aromatic nitrogens is 1. The molecular formula is C48H63N6O10S2+. The normalized spacial score (nSPS) is 12.5. The number of benzene rings is 2. The quantitative estimate of drug-likeness (QED) is 0.0137. The van der Waals surface area contributed by atoms with Crippen molar-refractivity contribution in [2.45, 2.75) is 32.5 Å². The maximum Gasteiger partial charge on any atom is 0.329 e. The molecule has 18 heteroatoms. The van der Waals surface area contributed by atoms with Crippen LogP contribution in [0.2, 0.25) is 0 Å². The fourth-order valence-electron chi connectivity index (χ4n) is 6.05. The van der Waals surface area contributed by atoms with Crippen molar-refractivity contribution in [2.24, 2.45) is 4.99 Å². The Kier molecular flexibility index (Phi) is 26.5. The zero-order valence-electron chi connectivity index (χ0n) is 37.6. The first-order chi connectivity index (χ1) is 32.1. The average molecular weight is 948 g/mol. The van der Waals surface area contributed by atoms with Crippen LogP contribution >= 0.6 is 21.6 Å². The van der Waals surface area contributed by atoms with Crippen molar-refractivity contribution in [1.82, 2.24) is 10.6 Å². The zero-order chi connectivity index (χ0) is 47.9. The van der Waals surface area contributed by atoms with E-state index in [0.717, 1.165) is 33.6 Å². The van der Waals surface area contributed by atoms with Gasteiger partial charge in [0.25, 0.3) is 5.91 Å². The molecule has 2 amide bonds. The van der Waals surface area contributed by atoms with E-state index in [2.05, 4.69) is 22.2 Å². The molecule has 0 spiro atoms. The van der Waals surface area contributed by atoms with Crippen LogP contribution in [0.3, 0.4) is 0 Å². The summed E-state index contributed by atoms with van der Waals surface area (Å²) in [4.78, 5) is 59.5. The molecule has 356 valence electrons. The van der Waals surface area contributed by atoms with Crippen LogP contribution in [0.25, 0.3) is 18.2 Å². The van der Waals surface area contributed by atoms with Gasteiger partial charge < -0.3 is 50.3 Å². The fourth-order valence-corrected chi connectivity index (χ4v) is 8.35. The van der Waals surface area contributed by atoms with Crippen LogP contribution in [0, 0.1) is 0 Å². The number of nitrogens with zero attached hydrogens (tertiary/aromatic N) is 4. The third kappa shape index (κ3) is 20.6. The molecule has 0 radical (unpaired) electrons. The summed E-state index contributed by atoms with van der Waals surface area (Å²) in [5.41, 5.74) is 5.32. The highest BCUT2D eigenvalue weighted by Crippen LogP contribution is 2.24. The van der Waals surface area contributed by atoms with Crippen molar-refractivity contribution in [3.63, 3.8) is 0 Å². The molecule has 1 aromatic heterocycles. The summed E-state index contributed by atoms with van der Waals surface area (Å²) >= 11 is 0. The Balaban J connectivity index is 1.50. The SMILES string of the molecule is C=CC(/C=C/c1ccc(N(CCO)CCO)cc1)=C\C=N\CC(=O)NC(CSSCC(NC(=O)C[n+]1ccc(/C=C/c2ccc(N(CCO)CCO)cc2)cc1)C(=O)OCC)C(=O)OCC. The number of rotatable bonds is 31. The Morgan fingerprint density at radius 1 is 0.682 bits per heavy atom. The predicted octanol–water partition coefficient (Wildman–Crippen LogP) is 3.10. The number of allylic oxidation sites excluding steroid dienone is 4. The van der Waals surface area contributed by atoms with E-state index in [4.69, 9.17) is 9.47 Å². The van der Waals surface area contributed by atoms with Crippen LogP contribution in [0.5, 0.6) is 0 Å². The average Bonchev–Trinajstić information content (AvgIpc) is 3.32. The highest BCUT2D eigenvalue weighted by Gasteiger charge is 2.26. The van der Waals surface area contributed by atoms with E-state index >= 15 is 0 Å². The molecule has 3 rings (SSSR count). The lowest BCUT2D eigenvalue weighted by Crippen LogP contribution is -2.49. The minimum Gasteiger partial charge on any atom is -0.464 e. The van der Waals surface area contributed by atoms with Gasteiger partial charge >= 0.3 is 11.9 Å². The number of amides is 2. The topological polar surface area (TPSA) is 214 Å². The van der Waals surface area contributed by atoms with Crippen molar-refractivity contribution in [3.8, 4) is 0 Å². The van der Waals surface area contributed by atoms with Gasteiger partial charge in [-0.2, -0.15) is 4.57 Å². The van der Waals surface area contributed by atoms with Gasteiger partial charge in [0.05, 0.1) is 39.6 Å². The van der Waals surface area contributed by atoms with Crippen LogP contribution in [0.15, 0.2) is 108 Å². The van der Waals surface area contributed by atoms with Gasteiger partial charge in [-0.15, -0.1) is 0 Å². The van der Waals surface area contributed by atoms with Gasteiger partial charge in [0.15, 0.2) is 12.4 Å². The van der Waals surface area contributed by atoms with Crippen LogP contribution in [0.1, 0.15) is 30.5 Å². The first-order valence-electron chi connectivity index (χ1n) is 21.5. The second-order valence-corrected chi connectivity index (χ2v) is 16.7. The largest absolute Gasteiger partial charge is 0.464 e. The predicted molar refractivity (Wildman–Crippen MR) is 264 cm³/mol. The summed E-state index contributed by atoms with van der Waals surface area (Å²) in [7, 11) is 2.46. The van der Waals surface area contributed by atoms with E-state index in [0.29, 0.717) is 26.2 Å². The first-order valence-corrected chi connectivity index (χ1v) is 24.0. The molecule has 0 fully saturated rings. The van der Waals surface area contributed by atoms with Gasteiger partial charge in [0.1, 0.15) is 18.6 Å². The van der Waals surface area contributed by atoms with Gasteiger partial charge in [0, 0.05) is 67.4 Å². The minimum absolute atomic E-state index is 0.0107. The van der Waals surface area contributed by atoms with Crippen molar-refractivity contribution in [3.05, 3.63) is 120 Å². The van der Waals surface area contributed by atoms with Crippen molar-refractivity contribution in [1.29, 1.82) is 0 Å². The number of aliphatic imine (C=N–C) groups is 1. The number of carbonyl (C=O) groups excluding carboxylic acids is 4. The number of aliphatic hydroxyl groups is 4.